The first kappa shape index (κ1) is 14.3. The van der Waals surface area contributed by atoms with Crippen molar-refractivity contribution in [2.75, 3.05) is 19.7 Å². The Morgan fingerprint density at radius 1 is 1.19 bits per heavy atom. The van der Waals surface area contributed by atoms with Gasteiger partial charge in [-0.25, -0.2) is 4.98 Å². The minimum atomic E-state index is 0.447. The molecule has 1 saturated heterocycles. The largest absolute Gasteiger partial charge is 0.378 e. The molecule has 21 heavy (non-hydrogen) atoms. The van der Waals surface area contributed by atoms with Crippen LogP contribution in [-0.2, 0) is 11.3 Å². The van der Waals surface area contributed by atoms with Crippen LogP contribution in [0.15, 0.2) is 42.9 Å². The third kappa shape index (κ3) is 3.93. The number of rotatable bonds is 6. The molecule has 0 aliphatic carbocycles. The lowest BCUT2D eigenvalue weighted by molar-refractivity contribution is 0.0302. The summed E-state index contributed by atoms with van der Waals surface area (Å²) in [5.74, 6) is 0. The van der Waals surface area contributed by atoms with Gasteiger partial charge in [-0.2, -0.15) is 0 Å². The van der Waals surface area contributed by atoms with E-state index in [0.717, 1.165) is 45.5 Å². The van der Waals surface area contributed by atoms with Gasteiger partial charge in [0.2, 0.25) is 0 Å². The van der Waals surface area contributed by atoms with Gasteiger partial charge >= 0.3 is 0 Å². The predicted octanol–water partition coefficient (Wildman–Crippen LogP) is 2.71. The fraction of sp³-hybridized carbons (Fsp3) is 0.471. The Bertz CT molecular complexity index is 532. The number of hydrogen-bond donors (Lipinski definition) is 1. The lowest BCUT2D eigenvalue weighted by Crippen LogP contribution is -2.32. The summed E-state index contributed by atoms with van der Waals surface area (Å²) >= 11 is 0. The number of ether oxygens (including phenoxy) is 1. The van der Waals surface area contributed by atoms with Gasteiger partial charge in [-0.05, 0) is 37.9 Å². The molecular formula is C17H23N3O. The molecule has 1 aliphatic heterocycles. The summed E-state index contributed by atoms with van der Waals surface area (Å²) < 4.78 is 8.16. The van der Waals surface area contributed by atoms with E-state index >= 15 is 0 Å². The molecule has 1 aliphatic rings. The standard InChI is InChI=1S/C17H23N3O/c1-2-5-15(6-3-1)17-13-19-14-20(17)11-4-12-21-16-7-9-18-10-8-16/h1-3,5-6,13-14,16,18H,4,7-12H2. The third-order valence-electron chi connectivity index (χ3n) is 3.96. The number of aromatic nitrogens is 2. The second-order valence-corrected chi connectivity index (χ2v) is 5.51. The van der Waals surface area contributed by atoms with Crippen LogP contribution in [0.4, 0.5) is 0 Å². The van der Waals surface area contributed by atoms with E-state index in [4.69, 9.17) is 4.74 Å². The van der Waals surface area contributed by atoms with Crippen molar-refractivity contribution < 1.29 is 4.74 Å². The normalized spacial score (nSPS) is 16.2. The maximum atomic E-state index is 5.95. The van der Waals surface area contributed by atoms with Crippen molar-refractivity contribution in [3.8, 4) is 11.3 Å². The van der Waals surface area contributed by atoms with Gasteiger partial charge in [0.05, 0.1) is 24.3 Å². The Kier molecular flexibility index (Phi) is 5.03. The average Bonchev–Trinajstić information content (AvgIpc) is 3.02. The number of hydrogen-bond acceptors (Lipinski definition) is 3. The highest BCUT2D eigenvalue weighted by atomic mass is 16.5. The summed E-state index contributed by atoms with van der Waals surface area (Å²) in [7, 11) is 0. The van der Waals surface area contributed by atoms with Gasteiger partial charge in [0.15, 0.2) is 0 Å². The molecule has 0 unspecified atom stereocenters. The topological polar surface area (TPSA) is 39.1 Å². The number of nitrogens with zero attached hydrogens (tertiary/aromatic N) is 2. The van der Waals surface area contributed by atoms with E-state index in [9.17, 15) is 0 Å². The molecule has 1 N–H and O–H groups in total. The summed E-state index contributed by atoms with van der Waals surface area (Å²) in [6.45, 7) is 3.96. The molecule has 0 atom stereocenters. The van der Waals surface area contributed by atoms with E-state index in [0.29, 0.717) is 6.10 Å². The Morgan fingerprint density at radius 3 is 2.81 bits per heavy atom. The maximum Gasteiger partial charge on any atom is 0.0950 e. The zero-order chi connectivity index (χ0) is 14.3. The highest BCUT2D eigenvalue weighted by Gasteiger charge is 2.12. The third-order valence-corrected chi connectivity index (χ3v) is 3.96. The van der Waals surface area contributed by atoms with Gasteiger partial charge in [-0.15, -0.1) is 0 Å². The molecule has 0 amide bonds. The smallest absolute Gasteiger partial charge is 0.0950 e. The van der Waals surface area contributed by atoms with Crippen LogP contribution in [0.2, 0.25) is 0 Å². The molecule has 0 saturated carbocycles. The van der Waals surface area contributed by atoms with Gasteiger partial charge in [-0.1, -0.05) is 30.3 Å². The molecule has 4 nitrogen and oxygen atoms in total. The van der Waals surface area contributed by atoms with Crippen LogP contribution < -0.4 is 5.32 Å². The first-order valence-electron chi connectivity index (χ1n) is 7.81. The van der Waals surface area contributed by atoms with Gasteiger partial charge in [0.1, 0.15) is 0 Å². The molecule has 1 aromatic heterocycles. The van der Waals surface area contributed by atoms with Gasteiger partial charge in [0.25, 0.3) is 0 Å². The first-order chi connectivity index (χ1) is 10.4. The summed E-state index contributed by atoms with van der Waals surface area (Å²) in [6, 6.07) is 10.4. The van der Waals surface area contributed by atoms with E-state index in [-0.39, 0.29) is 0 Å². The van der Waals surface area contributed by atoms with Crippen molar-refractivity contribution in [2.24, 2.45) is 0 Å². The van der Waals surface area contributed by atoms with Gasteiger partial charge in [0, 0.05) is 13.2 Å². The van der Waals surface area contributed by atoms with Crippen LogP contribution >= 0.6 is 0 Å². The zero-order valence-electron chi connectivity index (χ0n) is 12.4. The number of aryl methyl sites for hydroxylation is 1. The zero-order valence-corrected chi connectivity index (χ0v) is 12.4. The number of benzene rings is 1. The monoisotopic (exact) mass is 285 g/mol. The van der Waals surface area contributed by atoms with Crippen molar-refractivity contribution in [1.82, 2.24) is 14.9 Å². The highest BCUT2D eigenvalue weighted by Crippen LogP contribution is 2.18. The minimum absolute atomic E-state index is 0.447. The molecule has 2 aromatic rings. The molecule has 1 fully saturated rings. The van der Waals surface area contributed by atoms with E-state index in [2.05, 4.69) is 39.1 Å². The summed E-state index contributed by atoms with van der Waals surface area (Å²) in [5.41, 5.74) is 2.40. The van der Waals surface area contributed by atoms with Crippen LogP contribution in [0.1, 0.15) is 19.3 Å². The van der Waals surface area contributed by atoms with Crippen LogP contribution in [0.25, 0.3) is 11.3 Å². The molecule has 0 spiro atoms. The molecular weight excluding hydrogens is 262 g/mol. The Balaban J connectivity index is 1.49. The maximum absolute atomic E-state index is 5.95. The summed E-state index contributed by atoms with van der Waals surface area (Å²) in [6.07, 6.45) is 7.60. The number of nitrogens with one attached hydrogen (secondary N) is 1. The Hall–Kier alpha value is -1.65. The lowest BCUT2D eigenvalue weighted by Gasteiger charge is -2.23. The number of piperidine rings is 1. The van der Waals surface area contributed by atoms with Gasteiger partial charge < -0.3 is 14.6 Å². The molecule has 4 heteroatoms. The second-order valence-electron chi connectivity index (χ2n) is 5.51. The van der Waals surface area contributed by atoms with Crippen molar-refractivity contribution in [1.29, 1.82) is 0 Å². The molecule has 2 heterocycles. The van der Waals surface area contributed by atoms with Crippen molar-refractivity contribution >= 4 is 0 Å². The second kappa shape index (κ2) is 7.38. The Morgan fingerprint density at radius 2 is 2.00 bits per heavy atom. The highest BCUT2D eigenvalue weighted by molar-refractivity contribution is 5.58. The average molecular weight is 285 g/mol. The SMILES string of the molecule is c1ccc(-c2cncn2CCCOC2CCNCC2)cc1. The van der Waals surface area contributed by atoms with Crippen LogP contribution in [0.3, 0.4) is 0 Å². The molecule has 1 aromatic carbocycles. The quantitative estimate of drug-likeness (QED) is 0.829. The van der Waals surface area contributed by atoms with E-state index in [1.54, 1.807) is 0 Å². The van der Waals surface area contributed by atoms with Crippen molar-refractivity contribution in [3.05, 3.63) is 42.9 Å². The van der Waals surface area contributed by atoms with Crippen molar-refractivity contribution in [2.45, 2.75) is 31.9 Å². The lowest BCUT2D eigenvalue weighted by atomic mass is 10.1. The molecule has 3 rings (SSSR count). The van der Waals surface area contributed by atoms with Crippen LogP contribution in [0, 0.1) is 0 Å². The molecule has 112 valence electrons. The fourth-order valence-corrected chi connectivity index (χ4v) is 2.80. The van der Waals surface area contributed by atoms with Gasteiger partial charge in [-0.3, -0.25) is 0 Å². The molecule has 0 radical (unpaired) electrons. The fourth-order valence-electron chi connectivity index (χ4n) is 2.80. The van der Waals surface area contributed by atoms with Crippen molar-refractivity contribution in [3.63, 3.8) is 0 Å². The first-order valence-corrected chi connectivity index (χ1v) is 7.81. The minimum Gasteiger partial charge on any atom is -0.378 e. The Labute approximate surface area is 126 Å². The summed E-state index contributed by atoms with van der Waals surface area (Å²) in [5, 5.41) is 3.36. The van der Waals surface area contributed by atoms with Crippen LogP contribution in [0.5, 0.6) is 0 Å². The van der Waals surface area contributed by atoms with E-state index < -0.39 is 0 Å². The van der Waals surface area contributed by atoms with E-state index in [1.165, 1.54) is 11.3 Å². The summed E-state index contributed by atoms with van der Waals surface area (Å²) in [4.78, 5) is 4.28. The number of imidazole rings is 1. The van der Waals surface area contributed by atoms with E-state index in [1.807, 2.05) is 18.6 Å². The molecule has 0 bridgehead atoms. The predicted molar refractivity (Wildman–Crippen MR) is 84.1 cm³/mol. The van der Waals surface area contributed by atoms with Crippen LogP contribution in [-0.4, -0.2) is 35.4 Å².